The molecular formula is C25H45N5O15S5. The molecular weight excluding hydrogens is 771 g/mol. The third kappa shape index (κ3) is 38.9. The van der Waals surface area contributed by atoms with Gasteiger partial charge in [0.1, 0.15) is 30.2 Å². The summed E-state index contributed by atoms with van der Waals surface area (Å²) in [6.45, 7) is 6.32. The number of carbonyl (C=O) groups is 10. The summed E-state index contributed by atoms with van der Waals surface area (Å²) in [5, 5.41) is 52.9. The number of amides is 5. The topological polar surface area (TPSA) is 332 Å². The molecule has 0 saturated carbocycles. The quantitative estimate of drug-likeness (QED) is 0.0762. The van der Waals surface area contributed by atoms with Crippen LogP contribution in [0.2, 0.25) is 0 Å². The second-order valence-corrected chi connectivity index (χ2v) is 10.7. The summed E-state index contributed by atoms with van der Waals surface area (Å²) in [6.07, 6.45) is 0. The van der Waals surface area contributed by atoms with E-state index < -0.39 is 60.1 Å². The summed E-state index contributed by atoms with van der Waals surface area (Å²) in [4.78, 5) is 103. The average Bonchev–Trinajstić information content (AvgIpc) is 2.98. The molecule has 0 rings (SSSR count). The number of carbonyl (C=O) groups excluding carboxylic acids is 5. The van der Waals surface area contributed by atoms with Gasteiger partial charge in [-0.25, -0.2) is 24.0 Å². The monoisotopic (exact) mass is 815 g/mol. The first-order valence-corrected chi connectivity index (χ1v) is 16.6. The lowest BCUT2D eigenvalue weighted by molar-refractivity contribution is -0.141. The Morgan fingerprint density at radius 2 is 0.440 bits per heavy atom. The van der Waals surface area contributed by atoms with Crippen LogP contribution in [0.1, 0.15) is 34.6 Å². The fourth-order valence-corrected chi connectivity index (χ4v) is 3.39. The smallest absolute Gasteiger partial charge is 0.327 e. The Hall–Kier alpha value is -3.55. The average molecular weight is 816 g/mol. The summed E-state index contributed by atoms with van der Waals surface area (Å²) in [7, 11) is 0. The first kappa shape index (κ1) is 55.8. The lowest BCUT2D eigenvalue weighted by Crippen LogP contribution is -2.40. The van der Waals surface area contributed by atoms with Crippen LogP contribution >= 0.6 is 63.1 Å². The van der Waals surface area contributed by atoms with Gasteiger partial charge < -0.3 is 52.1 Å². The van der Waals surface area contributed by atoms with Crippen LogP contribution in [0.3, 0.4) is 0 Å². The van der Waals surface area contributed by atoms with Gasteiger partial charge in [-0.05, 0) is 0 Å². The molecule has 0 bridgehead atoms. The van der Waals surface area contributed by atoms with E-state index in [9.17, 15) is 47.9 Å². The van der Waals surface area contributed by atoms with Crippen molar-refractivity contribution in [2.45, 2.75) is 64.8 Å². The maximum atomic E-state index is 10.3. The van der Waals surface area contributed by atoms with Gasteiger partial charge in [-0.15, -0.1) is 0 Å². The number of nitrogens with one attached hydrogen (secondary N) is 5. The van der Waals surface area contributed by atoms with E-state index in [0.717, 1.165) is 0 Å². The van der Waals surface area contributed by atoms with Crippen LogP contribution in [-0.2, 0) is 47.9 Å². The molecule has 0 spiro atoms. The third-order valence-corrected chi connectivity index (χ3v) is 6.12. The number of rotatable bonds is 15. The van der Waals surface area contributed by atoms with Crippen molar-refractivity contribution in [2.24, 2.45) is 0 Å². The highest BCUT2D eigenvalue weighted by molar-refractivity contribution is 7.81. The maximum absolute atomic E-state index is 10.3. The lowest BCUT2D eigenvalue weighted by atomic mass is 10.3. The Bertz CT molecular complexity index is 937. The van der Waals surface area contributed by atoms with Crippen LogP contribution in [0.25, 0.3) is 0 Å². The minimum Gasteiger partial charge on any atom is -0.480 e. The third-order valence-electron chi connectivity index (χ3n) is 4.29. The summed E-state index contributed by atoms with van der Waals surface area (Å²) in [6, 6.07) is -4.37. The first-order chi connectivity index (χ1) is 22.9. The van der Waals surface area contributed by atoms with Crippen LogP contribution in [0, 0.1) is 0 Å². The molecule has 0 aromatic heterocycles. The van der Waals surface area contributed by atoms with E-state index in [0.29, 0.717) is 0 Å². The van der Waals surface area contributed by atoms with Crippen LogP contribution in [-0.4, -0.2) is 144 Å². The largest absolute Gasteiger partial charge is 0.480 e. The highest BCUT2D eigenvalue weighted by Gasteiger charge is 2.18. The van der Waals surface area contributed by atoms with Gasteiger partial charge in [0.15, 0.2) is 0 Å². The Morgan fingerprint density at radius 1 is 0.340 bits per heavy atom. The minimum absolute atomic E-state index is 0.106. The van der Waals surface area contributed by atoms with E-state index >= 15 is 0 Å². The molecule has 290 valence electrons. The van der Waals surface area contributed by atoms with Crippen molar-refractivity contribution in [3.8, 4) is 0 Å². The van der Waals surface area contributed by atoms with Gasteiger partial charge in [0.05, 0.1) is 0 Å². The van der Waals surface area contributed by atoms with Crippen LogP contribution in [0.4, 0.5) is 0 Å². The molecule has 0 aromatic carbocycles. The molecule has 0 radical (unpaired) electrons. The molecule has 20 nitrogen and oxygen atoms in total. The van der Waals surface area contributed by atoms with Crippen molar-refractivity contribution in [1.82, 2.24) is 26.6 Å². The predicted octanol–water partition coefficient (Wildman–Crippen LogP) is -2.47. The second-order valence-electron chi connectivity index (χ2n) is 8.87. The molecule has 0 fully saturated rings. The van der Waals surface area contributed by atoms with E-state index in [4.69, 9.17) is 25.5 Å². The standard InChI is InChI=1S/5C5H9NO3S/c5*1-3(7)6-4(2-10)5(8)9/h5*4,10H,2H2,1H3,(H,6,7)(H,8,9). The lowest BCUT2D eigenvalue weighted by Gasteiger charge is -2.08. The number of hydrogen-bond donors (Lipinski definition) is 15. The molecule has 10 N–H and O–H groups in total. The summed E-state index contributed by atoms with van der Waals surface area (Å²) >= 11 is 18.7. The van der Waals surface area contributed by atoms with Gasteiger partial charge in [-0.3, -0.25) is 24.0 Å². The first-order valence-electron chi connectivity index (χ1n) is 13.4. The highest BCUT2D eigenvalue weighted by atomic mass is 32.1. The van der Waals surface area contributed by atoms with E-state index in [1.54, 1.807) is 0 Å². The molecule has 5 atom stereocenters. The Morgan fingerprint density at radius 3 is 0.460 bits per heavy atom. The number of hydrogen-bond acceptors (Lipinski definition) is 15. The van der Waals surface area contributed by atoms with Crippen molar-refractivity contribution in [2.75, 3.05) is 28.8 Å². The molecule has 0 aliphatic carbocycles. The summed E-state index contributed by atoms with van der Waals surface area (Å²) in [5.41, 5.74) is 0. The zero-order valence-corrected chi connectivity index (χ0v) is 31.9. The van der Waals surface area contributed by atoms with E-state index in [1.807, 2.05) is 0 Å². The number of aliphatic carboxylic acids is 5. The van der Waals surface area contributed by atoms with E-state index in [2.05, 4.69) is 89.7 Å². The molecule has 0 heterocycles. The van der Waals surface area contributed by atoms with Crippen molar-refractivity contribution in [3.63, 3.8) is 0 Å². The SMILES string of the molecule is CC(=O)NC(CS)C(=O)O.CC(=O)NC(CS)C(=O)O.CC(=O)NC(CS)C(=O)O.CC(=O)NC(CS)C(=O)O.CC(=O)NC(CS)C(=O)O. The highest BCUT2D eigenvalue weighted by Crippen LogP contribution is 1.90. The van der Waals surface area contributed by atoms with Crippen molar-refractivity contribution >= 4 is 123 Å². The van der Waals surface area contributed by atoms with Gasteiger partial charge in [0.25, 0.3) is 0 Å². The van der Waals surface area contributed by atoms with Crippen molar-refractivity contribution in [1.29, 1.82) is 0 Å². The van der Waals surface area contributed by atoms with E-state index in [-0.39, 0.29) is 58.3 Å². The molecule has 0 aliphatic heterocycles. The zero-order chi connectivity index (χ0) is 40.7. The minimum atomic E-state index is -1.06. The number of carboxylic acids is 5. The Kier molecular flexibility index (Phi) is 37.9. The van der Waals surface area contributed by atoms with Crippen molar-refractivity contribution in [3.05, 3.63) is 0 Å². The fraction of sp³-hybridized carbons (Fsp3) is 0.600. The fourth-order valence-electron chi connectivity index (χ4n) is 2.15. The summed E-state index contributed by atoms with van der Waals surface area (Å²) < 4.78 is 0. The molecule has 0 aromatic rings. The van der Waals surface area contributed by atoms with Crippen LogP contribution in [0.15, 0.2) is 0 Å². The predicted molar refractivity (Wildman–Crippen MR) is 195 cm³/mol. The van der Waals surface area contributed by atoms with Gasteiger partial charge in [-0.1, -0.05) is 0 Å². The zero-order valence-electron chi connectivity index (χ0n) is 27.5. The second kappa shape index (κ2) is 33.9. The summed E-state index contributed by atoms with van der Waals surface area (Å²) in [5.74, 6) is -6.59. The number of thiol groups is 5. The Labute approximate surface area is 315 Å². The molecule has 25 heteroatoms. The van der Waals surface area contributed by atoms with Crippen LogP contribution in [0.5, 0.6) is 0 Å². The Balaban J connectivity index is -0.000000169. The van der Waals surface area contributed by atoms with Gasteiger partial charge in [0, 0.05) is 63.4 Å². The van der Waals surface area contributed by atoms with E-state index in [1.165, 1.54) is 34.6 Å². The molecule has 0 saturated heterocycles. The van der Waals surface area contributed by atoms with Crippen molar-refractivity contribution < 1.29 is 73.5 Å². The molecule has 5 unspecified atom stereocenters. The molecule has 0 aliphatic rings. The number of carboxylic acid groups (broad SMARTS) is 5. The van der Waals surface area contributed by atoms with Gasteiger partial charge >= 0.3 is 29.8 Å². The van der Waals surface area contributed by atoms with Crippen LogP contribution < -0.4 is 26.6 Å². The van der Waals surface area contributed by atoms with Gasteiger partial charge in [0.2, 0.25) is 29.5 Å². The molecule has 50 heavy (non-hydrogen) atoms. The molecule has 5 amide bonds. The van der Waals surface area contributed by atoms with Gasteiger partial charge in [-0.2, -0.15) is 63.1 Å². The normalized spacial score (nSPS) is 12.2. The maximum Gasteiger partial charge on any atom is 0.327 e.